The molecular weight excluding hydrogens is 298 g/mol. The van der Waals surface area contributed by atoms with Gasteiger partial charge in [-0.25, -0.2) is 4.98 Å². The smallest absolute Gasteiger partial charge is 0.230 e. The molecule has 3 aromatic carbocycles. The number of hydrogen-bond donors (Lipinski definition) is 1. The van der Waals surface area contributed by atoms with Gasteiger partial charge in [0, 0.05) is 5.56 Å². The highest BCUT2D eigenvalue weighted by atomic mass is 16.4. The number of phenolic OH excluding ortho intramolecular Hbond substituents is 1. The van der Waals surface area contributed by atoms with E-state index in [1.165, 1.54) is 5.56 Å². The number of nitrogens with zero attached hydrogens (tertiary/aromatic N) is 1. The fourth-order valence-electron chi connectivity index (χ4n) is 2.64. The second-order valence-corrected chi connectivity index (χ2v) is 5.49. The highest BCUT2D eigenvalue weighted by Gasteiger charge is 2.11. The molecule has 4 aromatic rings. The summed E-state index contributed by atoms with van der Waals surface area (Å²) in [6.45, 7) is 0. The van der Waals surface area contributed by atoms with E-state index in [4.69, 9.17) is 4.42 Å². The lowest BCUT2D eigenvalue weighted by Crippen LogP contribution is -1.78. The SMILES string of the molecule is Oc1ccccc1-c1ncc(-c2ccc(-c3ccccc3)cc2)o1. The van der Waals surface area contributed by atoms with Crippen LogP contribution in [0.25, 0.3) is 33.9 Å². The van der Waals surface area contributed by atoms with Crippen molar-refractivity contribution in [2.24, 2.45) is 0 Å². The van der Waals surface area contributed by atoms with Gasteiger partial charge in [0.2, 0.25) is 5.89 Å². The highest BCUT2D eigenvalue weighted by molar-refractivity contribution is 5.69. The van der Waals surface area contributed by atoms with E-state index in [0.29, 0.717) is 17.2 Å². The number of rotatable bonds is 3. The van der Waals surface area contributed by atoms with E-state index < -0.39 is 0 Å². The molecule has 4 rings (SSSR count). The molecule has 3 heteroatoms. The second kappa shape index (κ2) is 6.05. The number of benzene rings is 3. The van der Waals surface area contributed by atoms with E-state index in [-0.39, 0.29) is 5.75 Å². The average molecular weight is 313 g/mol. The minimum absolute atomic E-state index is 0.158. The molecule has 0 saturated carbocycles. The molecule has 116 valence electrons. The van der Waals surface area contributed by atoms with Gasteiger partial charge >= 0.3 is 0 Å². The zero-order valence-electron chi connectivity index (χ0n) is 12.9. The molecule has 0 atom stereocenters. The Balaban J connectivity index is 1.65. The molecule has 1 heterocycles. The van der Waals surface area contributed by atoms with Crippen molar-refractivity contribution in [3.63, 3.8) is 0 Å². The third kappa shape index (κ3) is 2.68. The van der Waals surface area contributed by atoms with Crippen LogP contribution in [0.15, 0.2) is 89.5 Å². The summed E-state index contributed by atoms with van der Waals surface area (Å²) in [7, 11) is 0. The van der Waals surface area contributed by atoms with Crippen LogP contribution >= 0.6 is 0 Å². The topological polar surface area (TPSA) is 46.3 Å². The summed E-state index contributed by atoms with van der Waals surface area (Å²) >= 11 is 0. The van der Waals surface area contributed by atoms with Crippen molar-refractivity contribution in [3.8, 4) is 39.7 Å². The number of hydrogen-bond acceptors (Lipinski definition) is 3. The summed E-state index contributed by atoms with van der Waals surface area (Å²) in [5.41, 5.74) is 3.87. The van der Waals surface area contributed by atoms with Crippen LogP contribution in [0.4, 0.5) is 0 Å². The van der Waals surface area contributed by atoms with Crippen LogP contribution in [0, 0.1) is 0 Å². The van der Waals surface area contributed by atoms with E-state index in [1.54, 1.807) is 24.4 Å². The Morgan fingerprint density at radius 3 is 2.04 bits per heavy atom. The Hall–Kier alpha value is -3.33. The van der Waals surface area contributed by atoms with E-state index in [1.807, 2.05) is 36.4 Å². The van der Waals surface area contributed by atoms with Crippen LogP contribution in [0.2, 0.25) is 0 Å². The molecule has 0 spiro atoms. The quantitative estimate of drug-likeness (QED) is 0.552. The first-order valence-electron chi connectivity index (χ1n) is 7.71. The largest absolute Gasteiger partial charge is 0.507 e. The number of para-hydroxylation sites is 1. The minimum Gasteiger partial charge on any atom is -0.507 e. The minimum atomic E-state index is 0.158. The van der Waals surface area contributed by atoms with Gasteiger partial charge in [-0.2, -0.15) is 0 Å². The Kier molecular flexibility index (Phi) is 3.60. The van der Waals surface area contributed by atoms with E-state index >= 15 is 0 Å². The first-order valence-corrected chi connectivity index (χ1v) is 7.71. The first-order chi connectivity index (χ1) is 11.8. The molecule has 0 unspecified atom stereocenters. The number of aromatic hydroxyl groups is 1. The molecule has 0 fully saturated rings. The zero-order valence-corrected chi connectivity index (χ0v) is 12.9. The normalized spacial score (nSPS) is 10.7. The molecule has 0 aliphatic heterocycles. The predicted molar refractivity (Wildman–Crippen MR) is 94.5 cm³/mol. The van der Waals surface area contributed by atoms with Gasteiger partial charge in [-0.05, 0) is 23.3 Å². The van der Waals surface area contributed by atoms with Crippen molar-refractivity contribution in [1.82, 2.24) is 4.98 Å². The maximum atomic E-state index is 9.91. The molecule has 0 amide bonds. The lowest BCUT2D eigenvalue weighted by Gasteiger charge is -2.03. The van der Waals surface area contributed by atoms with E-state index in [9.17, 15) is 5.11 Å². The summed E-state index contributed by atoms with van der Waals surface area (Å²) in [4.78, 5) is 4.28. The molecule has 0 aliphatic carbocycles. The van der Waals surface area contributed by atoms with Gasteiger partial charge in [0.15, 0.2) is 5.76 Å². The molecule has 0 bridgehead atoms. The summed E-state index contributed by atoms with van der Waals surface area (Å²) in [5, 5.41) is 9.91. The van der Waals surface area contributed by atoms with Gasteiger partial charge in [0.25, 0.3) is 0 Å². The molecule has 24 heavy (non-hydrogen) atoms. The first kappa shape index (κ1) is 14.3. The molecule has 0 saturated heterocycles. The Morgan fingerprint density at radius 2 is 1.29 bits per heavy atom. The molecule has 0 aliphatic rings. The van der Waals surface area contributed by atoms with Gasteiger partial charge in [-0.3, -0.25) is 0 Å². The monoisotopic (exact) mass is 313 g/mol. The Morgan fingerprint density at radius 1 is 0.667 bits per heavy atom. The Bertz CT molecular complexity index is 957. The number of aromatic nitrogens is 1. The fraction of sp³-hybridized carbons (Fsp3) is 0. The van der Waals surface area contributed by atoms with Crippen molar-refractivity contribution in [1.29, 1.82) is 0 Å². The third-order valence-electron chi connectivity index (χ3n) is 3.92. The van der Waals surface area contributed by atoms with Crippen molar-refractivity contribution in [2.75, 3.05) is 0 Å². The van der Waals surface area contributed by atoms with Gasteiger partial charge in [0.05, 0.1) is 11.8 Å². The van der Waals surface area contributed by atoms with Crippen molar-refractivity contribution < 1.29 is 9.52 Å². The van der Waals surface area contributed by atoms with Gasteiger partial charge in [-0.1, -0.05) is 66.7 Å². The number of oxazole rings is 1. The molecule has 0 radical (unpaired) electrons. The lowest BCUT2D eigenvalue weighted by molar-refractivity contribution is 0.473. The fourth-order valence-corrected chi connectivity index (χ4v) is 2.64. The van der Waals surface area contributed by atoms with Crippen molar-refractivity contribution >= 4 is 0 Å². The van der Waals surface area contributed by atoms with Crippen LogP contribution in [0.5, 0.6) is 5.75 Å². The molecule has 3 nitrogen and oxygen atoms in total. The summed E-state index contributed by atoms with van der Waals surface area (Å²) in [6, 6.07) is 25.4. The highest BCUT2D eigenvalue weighted by Crippen LogP contribution is 2.32. The zero-order chi connectivity index (χ0) is 16.4. The van der Waals surface area contributed by atoms with Crippen molar-refractivity contribution in [2.45, 2.75) is 0 Å². The lowest BCUT2D eigenvalue weighted by atomic mass is 10.0. The average Bonchev–Trinajstić information content (AvgIpc) is 3.13. The van der Waals surface area contributed by atoms with E-state index in [2.05, 4.69) is 29.2 Å². The summed E-state index contributed by atoms with van der Waals surface area (Å²) < 4.78 is 5.81. The van der Waals surface area contributed by atoms with Crippen LogP contribution in [0.3, 0.4) is 0 Å². The summed E-state index contributed by atoms with van der Waals surface area (Å²) in [6.07, 6.45) is 1.68. The molecular formula is C21H15NO2. The van der Waals surface area contributed by atoms with Gasteiger partial charge < -0.3 is 9.52 Å². The summed E-state index contributed by atoms with van der Waals surface area (Å²) in [5.74, 6) is 1.24. The predicted octanol–water partition coefficient (Wildman–Crippen LogP) is 5.38. The maximum absolute atomic E-state index is 9.91. The molecule has 1 N–H and O–H groups in total. The second-order valence-electron chi connectivity index (χ2n) is 5.49. The van der Waals surface area contributed by atoms with Crippen LogP contribution < -0.4 is 0 Å². The van der Waals surface area contributed by atoms with E-state index in [0.717, 1.165) is 11.1 Å². The van der Waals surface area contributed by atoms with Gasteiger partial charge in [0.1, 0.15) is 5.75 Å². The van der Waals surface area contributed by atoms with Gasteiger partial charge in [-0.15, -0.1) is 0 Å². The molecule has 1 aromatic heterocycles. The van der Waals surface area contributed by atoms with Crippen LogP contribution in [-0.4, -0.2) is 10.1 Å². The standard InChI is InChI=1S/C21H15NO2/c23-19-9-5-4-8-18(19)21-22-14-20(24-21)17-12-10-16(11-13-17)15-6-2-1-3-7-15/h1-14,23H. The van der Waals surface area contributed by atoms with Crippen LogP contribution in [-0.2, 0) is 0 Å². The number of phenols is 1. The van der Waals surface area contributed by atoms with Crippen LogP contribution in [0.1, 0.15) is 0 Å². The Labute approximate surface area is 139 Å². The third-order valence-corrected chi connectivity index (χ3v) is 3.92. The van der Waals surface area contributed by atoms with Crippen molar-refractivity contribution in [3.05, 3.63) is 85.1 Å². The maximum Gasteiger partial charge on any atom is 0.230 e.